The van der Waals surface area contributed by atoms with Crippen LogP contribution in [0.4, 0.5) is 6.01 Å². The third-order valence-corrected chi connectivity index (χ3v) is 4.91. The molecule has 1 saturated carbocycles. The van der Waals surface area contributed by atoms with Crippen molar-refractivity contribution in [1.82, 2.24) is 15.1 Å². The standard InChI is InChI=1S/C16H17ClN4O2/c17-12-3-1-11(2-4-12)14-19-20-15(23-14)18-9-13(22)21-8-7-16(10-21)5-6-16/h1-4H,5-10H2,(H,18,20). The Morgan fingerprint density at radius 1 is 1.26 bits per heavy atom. The molecule has 1 aliphatic carbocycles. The van der Waals surface area contributed by atoms with Gasteiger partial charge in [0.1, 0.15) is 0 Å². The average molecular weight is 333 g/mol. The van der Waals surface area contributed by atoms with E-state index in [1.165, 1.54) is 12.8 Å². The molecule has 0 radical (unpaired) electrons. The number of benzene rings is 1. The molecule has 120 valence electrons. The molecule has 2 aromatic rings. The van der Waals surface area contributed by atoms with Crippen molar-refractivity contribution >= 4 is 23.5 Å². The minimum absolute atomic E-state index is 0.0833. The third-order valence-electron chi connectivity index (χ3n) is 4.66. The Kier molecular flexibility index (Phi) is 3.49. The van der Waals surface area contributed by atoms with Gasteiger partial charge in [-0.25, -0.2) is 0 Å². The molecule has 6 nitrogen and oxygen atoms in total. The quantitative estimate of drug-likeness (QED) is 0.932. The van der Waals surface area contributed by atoms with Gasteiger partial charge in [0.05, 0.1) is 6.54 Å². The lowest BCUT2D eigenvalue weighted by molar-refractivity contribution is -0.128. The normalized spacial score (nSPS) is 18.4. The van der Waals surface area contributed by atoms with E-state index >= 15 is 0 Å². The van der Waals surface area contributed by atoms with Crippen LogP contribution in [0.3, 0.4) is 0 Å². The number of amides is 1. The van der Waals surface area contributed by atoms with Crippen molar-refractivity contribution in [2.24, 2.45) is 5.41 Å². The van der Waals surface area contributed by atoms with Gasteiger partial charge in [0.25, 0.3) is 0 Å². The first kappa shape index (κ1) is 14.5. The summed E-state index contributed by atoms with van der Waals surface area (Å²) in [5.74, 6) is 0.481. The molecule has 2 aliphatic rings. The smallest absolute Gasteiger partial charge is 0.316 e. The number of nitrogens with one attached hydrogen (secondary N) is 1. The average Bonchev–Trinajstić information content (AvgIpc) is 2.97. The molecule has 0 atom stereocenters. The number of hydrogen-bond donors (Lipinski definition) is 1. The Morgan fingerprint density at radius 2 is 2.04 bits per heavy atom. The molecule has 1 aliphatic heterocycles. The van der Waals surface area contributed by atoms with Crippen LogP contribution in [0.5, 0.6) is 0 Å². The first-order valence-electron chi connectivity index (χ1n) is 7.75. The van der Waals surface area contributed by atoms with Crippen LogP contribution in [-0.2, 0) is 4.79 Å². The summed E-state index contributed by atoms with van der Waals surface area (Å²) in [4.78, 5) is 14.1. The summed E-state index contributed by atoms with van der Waals surface area (Å²) in [6, 6.07) is 7.40. The van der Waals surface area contributed by atoms with Gasteiger partial charge < -0.3 is 14.6 Å². The molecule has 7 heteroatoms. The van der Waals surface area contributed by atoms with Crippen LogP contribution >= 0.6 is 11.6 Å². The summed E-state index contributed by atoms with van der Waals surface area (Å²) in [5, 5.41) is 11.5. The fourth-order valence-electron chi connectivity index (χ4n) is 3.00. The van der Waals surface area contributed by atoms with E-state index in [0.29, 0.717) is 16.3 Å². The topological polar surface area (TPSA) is 71.3 Å². The number of likely N-dealkylation sites (tertiary alicyclic amines) is 1. The predicted molar refractivity (Wildman–Crippen MR) is 86.1 cm³/mol. The highest BCUT2D eigenvalue weighted by molar-refractivity contribution is 6.30. The number of aromatic nitrogens is 2. The molecule has 0 bridgehead atoms. The van der Waals surface area contributed by atoms with E-state index in [9.17, 15) is 4.79 Å². The Hall–Kier alpha value is -2.08. The largest absolute Gasteiger partial charge is 0.403 e. The van der Waals surface area contributed by atoms with Crippen molar-refractivity contribution in [3.8, 4) is 11.5 Å². The monoisotopic (exact) mass is 332 g/mol. The summed E-state index contributed by atoms with van der Waals surface area (Å²) in [6.45, 7) is 1.94. The lowest BCUT2D eigenvalue weighted by Gasteiger charge is -2.15. The molecule has 1 amide bonds. The Balaban J connectivity index is 1.34. The number of anilines is 1. The second-order valence-electron chi connectivity index (χ2n) is 6.34. The van der Waals surface area contributed by atoms with Gasteiger partial charge in [-0.2, -0.15) is 0 Å². The van der Waals surface area contributed by atoms with E-state index in [4.69, 9.17) is 16.0 Å². The zero-order valence-electron chi connectivity index (χ0n) is 12.6. The van der Waals surface area contributed by atoms with Gasteiger partial charge in [0.15, 0.2) is 0 Å². The highest BCUT2D eigenvalue weighted by Crippen LogP contribution is 2.52. The van der Waals surface area contributed by atoms with Gasteiger partial charge in [-0.1, -0.05) is 16.7 Å². The van der Waals surface area contributed by atoms with Gasteiger partial charge >= 0.3 is 6.01 Å². The fraction of sp³-hybridized carbons (Fsp3) is 0.438. The highest BCUT2D eigenvalue weighted by Gasteiger charge is 2.48. The highest BCUT2D eigenvalue weighted by atomic mass is 35.5. The number of hydrogen-bond acceptors (Lipinski definition) is 5. The molecule has 4 rings (SSSR count). The van der Waals surface area contributed by atoms with Crippen LogP contribution in [0.1, 0.15) is 19.3 Å². The predicted octanol–water partition coefficient (Wildman–Crippen LogP) is 2.81. The molecule has 0 unspecified atom stereocenters. The fourth-order valence-corrected chi connectivity index (χ4v) is 3.13. The van der Waals surface area contributed by atoms with E-state index < -0.39 is 0 Å². The molecule has 1 saturated heterocycles. The summed E-state index contributed by atoms with van der Waals surface area (Å²) in [6.07, 6.45) is 3.66. The molecular weight excluding hydrogens is 316 g/mol. The molecule has 23 heavy (non-hydrogen) atoms. The minimum atomic E-state index is 0.0833. The zero-order chi connectivity index (χ0) is 15.9. The number of rotatable bonds is 4. The molecular formula is C16H17ClN4O2. The van der Waals surface area contributed by atoms with Crippen molar-refractivity contribution in [2.75, 3.05) is 25.0 Å². The zero-order valence-corrected chi connectivity index (χ0v) is 13.3. The van der Waals surface area contributed by atoms with Crippen LogP contribution in [-0.4, -0.2) is 40.6 Å². The summed E-state index contributed by atoms with van der Waals surface area (Å²) in [5.41, 5.74) is 1.23. The minimum Gasteiger partial charge on any atom is -0.403 e. The molecule has 2 fully saturated rings. The second kappa shape index (κ2) is 5.53. The van der Waals surface area contributed by atoms with Crippen molar-refractivity contribution in [3.05, 3.63) is 29.3 Å². The van der Waals surface area contributed by atoms with Crippen LogP contribution in [0.25, 0.3) is 11.5 Å². The maximum Gasteiger partial charge on any atom is 0.316 e. The molecule has 1 spiro atoms. The number of carbonyl (C=O) groups excluding carboxylic acids is 1. The third kappa shape index (κ3) is 3.03. The Morgan fingerprint density at radius 3 is 2.74 bits per heavy atom. The van der Waals surface area contributed by atoms with Crippen LogP contribution in [0.2, 0.25) is 5.02 Å². The van der Waals surface area contributed by atoms with Gasteiger partial charge in [-0.15, -0.1) is 5.10 Å². The maximum atomic E-state index is 12.2. The van der Waals surface area contributed by atoms with Crippen LogP contribution < -0.4 is 5.32 Å². The van der Waals surface area contributed by atoms with Crippen molar-refractivity contribution in [2.45, 2.75) is 19.3 Å². The molecule has 1 aromatic carbocycles. The van der Waals surface area contributed by atoms with Crippen LogP contribution in [0.15, 0.2) is 28.7 Å². The van der Waals surface area contributed by atoms with Crippen LogP contribution in [0, 0.1) is 5.41 Å². The SMILES string of the molecule is O=C(CNc1nnc(-c2ccc(Cl)cc2)o1)N1CCC2(CC2)C1. The summed E-state index contributed by atoms with van der Waals surface area (Å²) >= 11 is 5.85. The molecule has 1 N–H and O–H groups in total. The van der Waals surface area contributed by atoms with E-state index in [2.05, 4.69) is 15.5 Å². The second-order valence-corrected chi connectivity index (χ2v) is 6.77. The number of carbonyl (C=O) groups is 1. The van der Waals surface area contributed by atoms with E-state index in [1.54, 1.807) is 12.1 Å². The lowest BCUT2D eigenvalue weighted by atomic mass is 10.1. The molecule has 1 aromatic heterocycles. The van der Waals surface area contributed by atoms with Crippen molar-refractivity contribution in [3.63, 3.8) is 0 Å². The summed E-state index contributed by atoms with van der Waals surface area (Å²) < 4.78 is 5.53. The number of halogens is 1. The van der Waals surface area contributed by atoms with Gasteiger partial charge in [-0.3, -0.25) is 4.79 Å². The Bertz CT molecular complexity index is 724. The Labute approximate surface area is 138 Å². The van der Waals surface area contributed by atoms with Gasteiger partial charge in [0, 0.05) is 23.7 Å². The van der Waals surface area contributed by atoms with E-state index in [0.717, 1.165) is 25.1 Å². The van der Waals surface area contributed by atoms with Gasteiger partial charge in [0.2, 0.25) is 11.8 Å². The molecule has 2 heterocycles. The lowest BCUT2D eigenvalue weighted by Crippen LogP contribution is -2.34. The van der Waals surface area contributed by atoms with E-state index in [-0.39, 0.29) is 18.5 Å². The van der Waals surface area contributed by atoms with E-state index in [1.807, 2.05) is 17.0 Å². The van der Waals surface area contributed by atoms with Crippen molar-refractivity contribution in [1.29, 1.82) is 0 Å². The van der Waals surface area contributed by atoms with Crippen molar-refractivity contribution < 1.29 is 9.21 Å². The summed E-state index contributed by atoms with van der Waals surface area (Å²) in [7, 11) is 0. The first-order valence-corrected chi connectivity index (χ1v) is 8.13. The van der Waals surface area contributed by atoms with Gasteiger partial charge in [-0.05, 0) is 48.9 Å². The maximum absolute atomic E-state index is 12.2. The number of nitrogens with zero attached hydrogens (tertiary/aromatic N) is 3. The first-order chi connectivity index (χ1) is 11.1.